The number of anilines is 3. The van der Waals surface area contributed by atoms with E-state index in [2.05, 4.69) is 39.7 Å². The number of benzene rings is 1. The molecule has 5 rings (SSSR count). The Balaban J connectivity index is 1.66. The summed E-state index contributed by atoms with van der Waals surface area (Å²) in [5, 5.41) is 8.34. The predicted molar refractivity (Wildman–Crippen MR) is 134 cm³/mol. The summed E-state index contributed by atoms with van der Waals surface area (Å²) < 4.78 is 0. The number of fused-ring (bicyclic) bond motifs is 1. The standard InChI is InChI=1S/C26H28N6O/c1-15-4-3-5-20(22(15)17-6-9-28-10-7-17)31-25-23-18(8-11-29-26(23)33)13-21(32-25)19-12-16(2)24(27)30-14-19/h3-5,8,11-14,17,28H,6-7,9-10H2,1-2H3,(H2,27,30)(H,29,33)(H,31,32). The van der Waals surface area contributed by atoms with Gasteiger partial charge in [-0.2, -0.15) is 0 Å². The highest BCUT2D eigenvalue weighted by Crippen LogP contribution is 2.36. The molecule has 0 radical (unpaired) electrons. The highest BCUT2D eigenvalue weighted by Gasteiger charge is 2.21. The lowest BCUT2D eigenvalue weighted by Gasteiger charge is -2.27. The van der Waals surface area contributed by atoms with Gasteiger partial charge < -0.3 is 21.4 Å². The molecule has 1 aromatic carbocycles. The highest BCUT2D eigenvalue weighted by atomic mass is 16.1. The Morgan fingerprint density at radius 1 is 1.09 bits per heavy atom. The average molecular weight is 441 g/mol. The van der Waals surface area contributed by atoms with Crippen molar-refractivity contribution in [3.63, 3.8) is 0 Å². The van der Waals surface area contributed by atoms with Crippen molar-refractivity contribution < 1.29 is 0 Å². The SMILES string of the molecule is Cc1cc(-c2cc3cc[nH]c(=O)c3c(Nc3cccc(C)c3C3CCNCC3)n2)cnc1N. The first-order valence-electron chi connectivity index (χ1n) is 11.3. The molecule has 7 heteroatoms. The molecular weight excluding hydrogens is 412 g/mol. The molecule has 33 heavy (non-hydrogen) atoms. The molecule has 0 amide bonds. The fraction of sp³-hybridized carbons (Fsp3) is 0.269. The molecule has 0 aliphatic carbocycles. The van der Waals surface area contributed by atoms with E-state index in [-0.39, 0.29) is 5.56 Å². The van der Waals surface area contributed by atoms with Crippen molar-refractivity contribution in [2.24, 2.45) is 0 Å². The predicted octanol–water partition coefficient (Wildman–Crippen LogP) is 4.39. The van der Waals surface area contributed by atoms with E-state index in [9.17, 15) is 4.79 Å². The smallest absolute Gasteiger partial charge is 0.259 e. The molecule has 7 nitrogen and oxygen atoms in total. The number of piperidine rings is 1. The zero-order valence-corrected chi connectivity index (χ0v) is 18.9. The first-order chi connectivity index (χ1) is 16.0. The molecule has 1 fully saturated rings. The molecule has 4 aromatic rings. The van der Waals surface area contributed by atoms with E-state index in [0.29, 0.717) is 22.9 Å². The molecule has 1 saturated heterocycles. The van der Waals surface area contributed by atoms with Crippen LogP contribution in [0.2, 0.25) is 0 Å². The van der Waals surface area contributed by atoms with Crippen LogP contribution in [0.4, 0.5) is 17.3 Å². The third-order valence-corrected chi connectivity index (χ3v) is 6.49. The van der Waals surface area contributed by atoms with Crippen molar-refractivity contribution in [1.82, 2.24) is 20.3 Å². The summed E-state index contributed by atoms with van der Waals surface area (Å²) in [6.07, 6.45) is 5.56. The van der Waals surface area contributed by atoms with Gasteiger partial charge in [0.05, 0.1) is 11.1 Å². The van der Waals surface area contributed by atoms with Crippen molar-refractivity contribution >= 4 is 28.1 Å². The minimum Gasteiger partial charge on any atom is -0.383 e. The van der Waals surface area contributed by atoms with E-state index in [1.54, 1.807) is 12.4 Å². The fourth-order valence-electron chi connectivity index (χ4n) is 4.75. The Kier molecular flexibility index (Phi) is 5.56. The van der Waals surface area contributed by atoms with Gasteiger partial charge in [-0.05, 0) is 92.0 Å². The van der Waals surface area contributed by atoms with Crippen LogP contribution in [0.25, 0.3) is 22.0 Å². The zero-order valence-electron chi connectivity index (χ0n) is 18.9. The molecule has 5 N–H and O–H groups in total. The van der Waals surface area contributed by atoms with E-state index in [1.165, 1.54) is 11.1 Å². The molecule has 0 spiro atoms. The number of aryl methyl sites for hydroxylation is 2. The van der Waals surface area contributed by atoms with Crippen LogP contribution in [0.15, 0.2) is 53.6 Å². The molecular formula is C26H28N6O. The van der Waals surface area contributed by atoms with Crippen LogP contribution in [0, 0.1) is 13.8 Å². The van der Waals surface area contributed by atoms with E-state index in [0.717, 1.165) is 53.8 Å². The normalized spacial score (nSPS) is 14.5. The van der Waals surface area contributed by atoms with Crippen LogP contribution in [-0.2, 0) is 0 Å². The molecule has 3 aromatic heterocycles. The first kappa shape index (κ1) is 21.2. The van der Waals surface area contributed by atoms with Gasteiger partial charge in [0.25, 0.3) is 5.56 Å². The molecule has 0 bridgehead atoms. The number of H-pyrrole nitrogens is 1. The van der Waals surface area contributed by atoms with E-state index < -0.39 is 0 Å². The summed E-state index contributed by atoms with van der Waals surface area (Å²) in [7, 11) is 0. The maximum absolute atomic E-state index is 12.8. The van der Waals surface area contributed by atoms with E-state index in [4.69, 9.17) is 10.7 Å². The number of nitrogens with zero attached hydrogens (tertiary/aromatic N) is 2. The van der Waals surface area contributed by atoms with Crippen LogP contribution in [0.5, 0.6) is 0 Å². The number of hydrogen-bond donors (Lipinski definition) is 4. The summed E-state index contributed by atoms with van der Waals surface area (Å²) in [6.45, 7) is 6.10. The highest BCUT2D eigenvalue weighted by molar-refractivity contribution is 5.95. The van der Waals surface area contributed by atoms with Crippen molar-refractivity contribution in [3.05, 3.63) is 75.8 Å². The number of nitrogens with two attached hydrogens (primary N) is 1. The summed E-state index contributed by atoms with van der Waals surface area (Å²) in [5.41, 5.74) is 11.8. The van der Waals surface area contributed by atoms with Gasteiger partial charge in [0.1, 0.15) is 11.6 Å². The minimum atomic E-state index is -0.170. The van der Waals surface area contributed by atoms with Crippen LogP contribution in [0.3, 0.4) is 0 Å². The van der Waals surface area contributed by atoms with E-state index >= 15 is 0 Å². The van der Waals surface area contributed by atoms with Gasteiger partial charge in [-0.25, -0.2) is 9.97 Å². The Morgan fingerprint density at radius 2 is 1.91 bits per heavy atom. The zero-order chi connectivity index (χ0) is 22.9. The maximum atomic E-state index is 12.8. The molecule has 1 aliphatic rings. The molecule has 168 valence electrons. The fourth-order valence-corrected chi connectivity index (χ4v) is 4.75. The molecule has 0 unspecified atom stereocenters. The molecule has 0 saturated carbocycles. The molecule has 4 heterocycles. The second-order valence-electron chi connectivity index (χ2n) is 8.74. The number of hydrogen-bond acceptors (Lipinski definition) is 6. The van der Waals surface area contributed by atoms with Crippen LogP contribution in [-0.4, -0.2) is 28.0 Å². The first-order valence-corrected chi connectivity index (χ1v) is 11.3. The van der Waals surface area contributed by atoms with Gasteiger partial charge in [0.2, 0.25) is 0 Å². The van der Waals surface area contributed by atoms with Crippen LogP contribution >= 0.6 is 0 Å². The second-order valence-corrected chi connectivity index (χ2v) is 8.74. The van der Waals surface area contributed by atoms with Gasteiger partial charge >= 0.3 is 0 Å². The van der Waals surface area contributed by atoms with Gasteiger partial charge in [0.15, 0.2) is 0 Å². The van der Waals surface area contributed by atoms with Crippen LogP contribution < -0.4 is 21.9 Å². The Bertz CT molecular complexity index is 1390. The molecule has 1 aliphatic heterocycles. The summed E-state index contributed by atoms with van der Waals surface area (Å²) in [5.74, 6) is 1.51. The second kappa shape index (κ2) is 8.67. The lowest BCUT2D eigenvalue weighted by Crippen LogP contribution is -2.27. The number of rotatable bonds is 4. The van der Waals surface area contributed by atoms with Crippen molar-refractivity contribution in [2.75, 3.05) is 24.1 Å². The third kappa shape index (κ3) is 4.07. The number of nitrogen functional groups attached to an aromatic ring is 1. The number of aromatic nitrogens is 3. The Morgan fingerprint density at radius 3 is 2.70 bits per heavy atom. The van der Waals surface area contributed by atoms with E-state index in [1.807, 2.05) is 31.2 Å². The Hall–Kier alpha value is -3.71. The van der Waals surface area contributed by atoms with Gasteiger partial charge in [-0.15, -0.1) is 0 Å². The lowest BCUT2D eigenvalue weighted by atomic mass is 9.86. The minimum absolute atomic E-state index is 0.170. The largest absolute Gasteiger partial charge is 0.383 e. The molecule has 0 atom stereocenters. The van der Waals surface area contributed by atoms with Crippen molar-refractivity contribution in [2.45, 2.75) is 32.6 Å². The van der Waals surface area contributed by atoms with Crippen LogP contribution in [0.1, 0.15) is 35.4 Å². The topological polar surface area (TPSA) is 109 Å². The number of nitrogens with one attached hydrogen (secondary N) is 3. The summed E-state index contributed by atoms with van der Waals surface area (Å²) in [6, 6.07) is 12.1. The summed E-state index contributed by atoms with van der Waals surface area (Å²) in [4.78, 5) is 24.8. The van der Waals surface area contributed by atoms with Crippen molar-refractivity contribution in [3.8, 4) is 11.3 Å². The van der Waals surface area contributed by atoms with Gasteiger partial charge in [0, 0.05) is 23.6 Å². The quantitative estimate of drug-likeness (QED) is 0.375. The Labute approximate surface area is 192 Å². The van der Waals surface area contributed by atoms with Gasteiger partial charge in [-0.3, -0.25) is 4.79 Å². The lowest BCUT2D eigenvalue weighted by molar-refractivity contribution is 0.460. The summed E-state index contributed by atoms with van der Waals surface area (Å²) >= 11 is 0. The van der Waals surface area contributed by atoms with Gasteiger partial charge in [-0.1, -0.05) is 12.1 Å². The maximum Gasteiger partial charge on any atom is 0.259 e. The average Bonchev–Trinajstić information content (AvgIpc) is 2.81. The van der Waals surface area contributed by atoms with Crippen molar-refractivity contribution in [1.29, 1.82) is 0 Å². The number of aromatic amines is 1. The monoisotopic (exact) mass is 440 g/mol. The third-order valence-electron chi connectivity index (χ3n) is 6.49. The number of pyridine rings is 3.